The number of aliphatic carboxylic acids is 1. The Morgan fingerprint density at radius 3 is 2.69 bits per heavy atom. The first-order valence-corrected chi connectivity index (χ1v) is 9.10. The van der Waals surface area contributed by atoms with Crippen LogP contribution in [-0.4, -0.2) is 39.0 Å². The van der Waals surface area contributed by atoms with Gasteiger partial charge < -0.3 is 19.2 Å². The average molecular weight is 425 g/mol. The molecule has 0 radical (unpaired) electrons. The Kier molecular flexibility index (Phi) is 4.98. The highest BCUT2D eigenvalue weighted by atomic mass is 79.9. The molecule has 140 valence electrons. The summed E-state index contributed by atoms with van der Waals surface area (Å²) in [5.41, 5.74) is 2.17. The Labute approximate surface area is 159 Å². The molecule has 26 heavy (non-hydrogen) atoms. The number of rotatable bonds is 3. The number of carboxylic acid groups (broad SMARTS) is 1. The van der Waals surface area contributed by atoms with Gasteiger partial charge in [-0.2, -0.15) is 0 Å². The lowest BCUT2D eigenvalue weighted by Gasteiger charge is -2.27. The highest BCUT2D eigenvalue weighted by Crippen LogP contribution is 2.33. The summed E-state index contributed by atoms with van der Waals surface area (Å²) in [5.74, 6) is -0.889. The van der Waals surface area contributed by atoms with E-state index in [-0.39, 0.29) is 6.54 Å². The standard InChI is InChI=1S/C18H21BrN2O5/c1-18(2,3)25-17(24)26-20-7-6-15-13(9-20)12-8-11(19)4-5-14(12)21(15)10-16(22)23/h4-5,8H,6-7,9-10H2,1-3H3,(H,22,23). The van der Waals surface area contributed by atoms with Gasteiger partial charge in [0.05, 0.1) is 6.54 Å². The van der Waals surface area contributed by atoms with Crippen LogP contribution >= 0.6 is 15.9 Å². The number of hydrogen-bond donors (Lipinski definition) is 1. The predicted octanol–water partition coefficient (Wildman–Crippen LogP) is 3.71. The average Bonchev–Trinajstić information content (AvgIpc) is 2.78. The zero-order valence-electron chi connectivity index (χ0n) is 14.9. The van der Waals surface area contributed by atoms with Crippen molar-refractivity contribution in [3.8, 4) is 0 Å². The van der Waals surface area contributed by atoms with Gasteiger partial charge in [0.2, 0.25) is 0 Å². The maximum atomic E-state index is 11.9. The van der Waals surface area contributed by atoms with Crippen LogP contribution < -0.4 is 0 Å². The van der Waals surface area contributed by atoms with E-state index < -0.39 is 17.7 Å². The van der Waals surface area contributed by atoms with Crippen LogP contribution in [0, 0.1) is 0 Å². The molecule has 0 unspecified atom stereocenters. The van der Waals surface area contributed by atoms with Gasteiger partial charge in [-0.05, 0) is 44.5 Å². The number of carbonyl (C=O) groups is 2. The van der Waals surface area contributed by atoms with E-state index in [4.69, 9.17) is 9.57 Å². The normalized spacial score (nSPS) is 14.9. The largest absolute Gasteiger partial charge is 0.528 e. The summed E-state index contributed by atoms with van der Waals surface area (Å²) in [6.45, 7) is 6.09. The summed E-state index contributed by atoms with van der Waals surface area (Å²) in [6.07, 6.45) is -0.158. The number of aromatic nitrogens is 1. The molecule has 2 aromatic rings. The van der Waals surface area contributed by atoms with Crippen LogP contribution in [0.1, 0.15) is 32.0 Å². The zero-order valence-corrected chi connectivity index (χ0v) is 16.5. The van der Waals surface area contributed by atoms with Crippen LogP contribution in [0.4, 0.5) is 4.79 Å². The van der Waals surface area contributed by atoms with Crippen LogP contribution in [0.3, 0.4) is 0 Å². The van der Waals surface area contributed by atoms with Gasteiger partial charge in [0.15, 0.2) is 0 Å². The summed E-state index contributed by atoms with van der Waals surface area (Å²) < 4.78 is 7.93. The maximum Gasteiger partial charge on any atom is 0.528 e. The van der Waals surface area contributed by atoms with Crippen molar-refractivity contribution in [3.63, 3.8) is 0 Å². The third-order valence-electron chi connectivity index (χ3n) is 4.07. The van der Waals surface area contributed by atoms with Gasteiger partial charge >= 0.3 is 12.1 Å². The number of fused-ring (bicyclic) bond motifs is 3. The molecule has 1 N–H and O–H groups in total. The fraction of sp³-hybridized carbons (Fsp3) is 0.444. The van der Waals surface area contributed by atoms with E-state index in [1.165, 1.54) is 0 Å². The van der Waals surface area contributed by atoms with Crippen molar-refractivity contribution in [1.29, 1.82) is 0 Å². The zero-order chi connectivity index (χ0) is 19.1. The Morgan fingerprint density at radius 1 is 1.31 bits per heavy atom. The molecule has 8 heteroatoms. The molecule has 1 aromatic carbocycles. The molecule has 0 amide bonds. The molecule has 0 aliphatic carbocycles. The minimum absolute atomic E-state index is 0.0968. The number of hydroxylamine groups is 2. The van der Waals surface area contributed by atoms with E-state index in [0.29, 0.717) is 19.5 Å². The molecule has 0 saturated carbocycles. The van der Waals surface area contributed by atoms with Crippen molar-refractivity contribution < 1.29 is 24.3 Å². The summed E-state index contributed by atoms with van der Waals surface area (Å²) in [6, 6.07) is 5.75. The van der Waals surface area contributed by atoms with Crippen molar-refractivity contribution in [2.75, 3.05) is 6.54 Å². The van der Waals surface area contributed by atoms with E-state index in [9.17, 15) is 14.7 Å². The monoisotopic (exact) mass is 424 g/mol. The molecule has 0 atom stereocenters. The van der Waals surface area contributed by atoms with Crippen LogP contribution in [-0.2, 0) is 33.9 Å². The third-order valence-corrected chi connectivity index (χ3v) is 4.56. The van der Waals surface area contributed by atoms with Crippen molar-refractivity contribution in [1.82, 2.24) is 9.63 Å². The molecule has 3 rings (SSSR count). The molecular weight excluding hydrogens is 404 g/mol. The molecule has 1 aromatic heterocycles. The number of hydrogen-bond acceptors (Lipinski definition) is 5. The number of carbonyl (C=O) groups excluding carboxylic acids is 1. The predicted molar refractivity (Wildman–Crippen MR) is 98.7 cm³/mol. The van der Waals surface area contributed by atoms with Crippen LogP contribution in [0.15, 0.2) is 22.7 Å². The molecule has 7 nitrogen and oxygen atoms in total. The Bertz CT molecular complexity index is 869. The van der Waals surface area contributed by atoms with Crippen molar-refractivity contribution >= 4 is 39.0 Å². The summed E-state index contributed by atoms with van der Waals surface area (Å²) >= 11 is 3.46. The van der Waals surface area contributed by atoms with Crippen LogP contribution in [0.2, 0.25) is 0 Å². The topological polar surface area (TPSA) is 81.0 Å². The van der Waals surface area contributed by atoms with Gasteiger partial charge in [-0.3, -0.25) is 4.79 Å². The minimum Gasteiger partial charge on any atom is -0.480 e. The summed E-state index contributed by atoms with van der Waals surface area (Å²) in [5, 5.41) is 11.8. The Balaban J connectivity index is 1.90. The summed E-state index contributed by atoms with van der Waals surface area (Å²) in [4.78, 5) is 28.5. The maximum absolute atomic E-state index is 11.9. The first-order chi connectivity index (χ1) is 12.1. The highest BCUT2D eigenvalue weighted by molar-refractivity contribution is 9.10. The Morgan fingerprint density at radius 2 is 2.04 bits per heavy atom. The van der Waals surface area contributed by atoms with E-state index >= 15 is 0 Å². The second-order valence-electron chi connectivity index (χ2n) is 7.24. The fourth-order valence-electron chi connectivity index (χ4n) is 3.17. The SMILES string of the molecule is CC(C)(C)OC(=O)ON1CCc2c(c3cc(Br)ccc3n2CC(=O)O)C1. The van der Waals surface area contributed by atoms with Gasteiger partial charge in [0.1, 0.15) is 12.1 Å². The van der Waals surface area contributed by atoms with E-state index in [2.05, 4.69) is 15.9 Å². The second kappa shape index (κ2) is 6.92. The van der Waals surface area contributed by atoms with Crippen molar-refractivity contribution in [2.45, 2.75) is 45.9 Å². The van der Waals surface area contributed by atoms with E-state index in [1.807, 2.05) is 22.8 Å². The lowest BCUT2D eigenvalue weighted by Crippen LogP contribution is -2.36. The van der Waals surface area contributed by atoms with E-state index in [1.54, 1.807) is 25.8 Å². The van der Waals surface area contributed by atoms with Gasteiger partial charge in [-0.15, -0.1) is 5.06 Å². The van der Waals surface area contributed by atoms with Gasteiger partial charge in [-0.25, -0.2) is 4.79 Å². The number of nitrogens with zero attached hydrogens (tertiary/aromatic N) is 2. The smallest absolute Gasteiger partial charge is 0.480 e. The molecule has 0 saturated heterocycles. The molecule has 0 bridgehead atoms. The molecular formula is C18H21BrN2O5. The van der Waals surface area contributed by atoms with Crippen LogP contribution in [0.25, 0.3) is 10.9 Å². The molecule has 0 fully saturated rings. The van der Waals surface area contributed by atoms with Gasteiger partial charge in [0.25, 0.3) is 0 Å². The molecule has 2 heterocycles. The number of ether oxygens (including phenoxy) is 1. The van der Waals surface area contributed by atoms with Gasteiger partial charge in [0, 0.05) is 34.0 Å². The number of benzene rings is 1. The quantitative estimate of drug-likeness (QED) is 0.756. The Hall–Kier alpha value is -2.06. The lowest BCUT2D eigenvalue weighted by atomic mass is 10.1. The van der Waals surface area contributed by atoms with Crippen LogP contribution in [0.5, 0.6) is 0 Å². The van der Waals surface area contributed by atoms with Crippen molar-refractivity contribution in [2.24, 2.45) is 0 Å². The molecule has 1 aliphatic rings. The first kappa shape index (κ1) is 18.7. The van der Waals surface area contributed by atoms with Crippen molar-refractivity contribution in [3.05, 3.63) is 33.9 Å². The molecule has 1 aliphatic heterocycles. The highest BCUT2D eigenvalue weighted by Gasteiger charge is 2.28. The number of carboxylic acids is 1. The fourth-order valence-corrected chi connectivity index (χ4v) is 3.53. The van der Waals surface area contributed by atoms with Gasteiger partial charge in [-0.1, -0.05) is 15.9 Å². The second-order valence-corrected chi connectivity index (χ2v) is 8.15. The lowest BCUT2D eigenvalue weighted by molar-refractivity contribution is -0.151. The molecule has 0 spiro atoms. The first-order valence-electron chi connectivity index (χ1n) is 8.31. The third kappa shape index (κ3) is 4.02. The minimum atomic E-state index is -0.889. The summed E-state index contributed by atoms with van der Waals surface area (Å²) in [7, 11) is 0. The van der Waals surface area contributed by atoms with E-state index in [0.717, 1.165) is 26.6 Å². The number of halogens is 1.